The Morgan fingerprint density at radius 1 is 1.06 bits per heavy atom. The molecule has 4 rings (SSSR count). The summed E-state index contributed by atoms with van der Waals surface area (Å²) in [4.78, 5) is 52.3. The minimum absolute atomic E-state index is 0.0725. The van der Waals surface area contributed by atoms with Gasteiger partial charge >= 0.3 is 12.1 Å². The number of morpholine rings is 1. The fraction of sp³-hybridized carbons (Fsp3) is 0.565. The molecule has 1 aromatic rings. The van der Waals surface area contributed by atoms with Crippen LogP contribution in [0, 0.1) is 11.8 Å². The summed E-state index contributed by atoms with van der Waals surface area (Å²) in [5, 5.41) is 2.38. The summed E-state index contributed by atoms with van der Waals surface area (Å²) >= 11 is 0. The molecular formula is C23H26F3N3O6. The standard InChI is InChI=1S/C23H26F3N3O6/c24-23(25,26)14-5-6-18(28-7-9-34-10-8-28)17(11-14)27-19(30)13-35-20(31)12-29-21(32)15-3-1-2-4-16(15)22(29)33/h5-6,11,15-16H,1-4,7-10,12-13H2,(H,27,30)/t15-,16+. The first kappa shape index (κ1) is 25.0. The molecule has 2 atom stereocenters. The number of amides is 3. The molecule has 3 amide bonds. The van der Waals surface area contributed by atoms with Crippen molar-refractivity contribution < 1.29 is 41.8 Å². The maximum Gasteiger partial charge on any atom is 0.416 e. The monoisotopic (exact) mass is 497 g/mol. The fourth-order valence-electron chi connectivity index (χ4n) is 4.79. The summed E-state index contributed by atoms with van der Waals surface area (Å²) < 4.78 is 49.9. The molecule has 3 fully saturated rings. The van der Waals surface area contributed by atoms with E-state index in [1.165, 1.54) is 6.07 Å². The predicted octanol–water partition coefficient (Wildman–Crippen LogP) is 2.20. The van der Waals surface area contributed by atoms with Gasteiger partial charge in [0.2, 0.25) is 11.8 Å². The number of halogens is 3. The SMILES string of the molecule is O=C(COC(=O)CN1C(=O)[C@H]2CCCC[C@H]2C1=O)Nc1cc(C(F)(F)F)ccc1N1CCOCC1. The largest absolute Gasteiger partial charge is 0.454 e. The van der Waals surface area contributed by atoms with Crippen LogP contribution >= 0.6 is 0 Å². The van der Waals surface area contributed by atoms with Crippen molar-refractivity contribution in [2.24, 2.45) is 11.8 Å². The Bertz CT molecular complexity index is 985. The zero-order valence-electron chi connectivity index (χ0n) is 18.9. The van der Waals surface area contributed by atoms with Crippen LogP contribution in [0.25, 0.3) is 0 Å². The Balaban J connectivity index is 1.37. The first-order valence-electron chi connectivity index (χ1n) is 11.5. The van der Waals surface area contributed by atoms with Crippen LogP contribution in [0.1, 0.15) is 31.2 Å². The van der Waals surface area contributed by atoms with Gasteiger partial charge in [0.25, 0.3) is 5.91 Å². The molecule has 0 unspecified atom stereocenters. The zero-order chi connectivity index (χ0) is 25.2. The predicted molar refractivity (Wildman–Crippen MR) is 116 cm³/mol. The number of anilines is 2. The lowest BCUT2D eigenvalue weighted by molar-refractivity contribution is -0.154. The summed E-state index contributed by atoms with van der Waals surface area (Å²) in [7, 11) is 0. The molecule has 2 aliphatic heterocycles. The Kier molecular flexibility index (Phi) is 7.29. The first-order chi connectivity index (χ1) is 16.6. The number of ether oxygens (including phenoxy) is 2. The number of nitrogens with zero attached hydrogens (tertiary/aromatic N) is 2. The number of hydrogen-bond donors (Lipinski definition) is 1. The molecule has 1 aliphatic carbocycles. The fourth-order valence-corrected chi connectivity index (χ4v) is 4.79. The maximum atomic E-state index is 13.2. The van der Waals surface area contributed by atoms with Crippen molar-refractivity contribution in [1.82, 2.24) is 4.90 Å². The number of fused-ring (bicyclic) bond motifs is 1. The Labute approximate surface area is 199 Å². The summed E-state index contributed by atoms with van der Waals surface area (Å²) in [6.07, 6.45) is -1.71. The molecule has 1 aromatic carbocycles. The Morgan fingerprint density at radius 2 is 1.69 bits per heavy atom. The average Bonchev–Trinajstić information content (AvgIpc) is 3.08. The number of benzene rings is 1. The lowest BCUT2D eigenvalue weighted by Crippen LogP contribution is -2.38. The minimum atomic E-state index is -4.61. The molecule has 1 saturated carbocycles. The molecule has 3 aliphatic rings. The van der Waals surface area contributed by atoms with Crippen LogP contribution in [0.4, 0.5) is 24.5 Å². The normalized spacial score (nSPS) is 22.7. The number of esters is 1. The van der Waals surface area contributed by atoms with Crippen molar-refractivity contribution in [2.45, 2.75) is 31.9 Å². The van der Waals surface area contributed by atoms with Crippen molar-refractivity contribution in [3.63, 3.8) is 0 Å². The highest BCUT2D eigenvalue weighted by atomic mass is 19.4. The van der Waals surface area contributed by atoms with Crippen LogP contribution in [-0.2, 0) is 34.8 Å². The van der Waals surface area contributed by atoms with Gasteiger partial charge in [0, 0.05) is 13.1 Å². The van der Waals surface area contributed by atoms with Crippen LogP contribution in [0.5, 0.6) is 0 Å². The second-order valence-electron chi connectivity index (χ2n) is 8.80. The third-order valence-corrected chi connectivity index (χ3v) is 6.53. The van der Waals surface area contributed by atoms with E-state index in [1.54, 1.807) is 4.90 Å². The van der Waals surface area contributed by atoms with Gasteiger partial charge in [-0.1, -0.05) is 12.8 Å². The molecule has 35 heavy (non-hydrogen) atoms. The Morgan fingerprint density at radius 3 is 2.29 bits per heavy atom. The van der Waals surface area contributed by atoms with Crippen LogP contribution in [0.3, 0.4) is 0 Å². The number of alkyl halides is 3. The van der Waals surface area contributed by atoms with Crippen molar-refractivity contribution in [3.8, 4) is 0 Å². The van der Waals surface area contributed by atoms with E-state index in [1.807, 2.05) is 0 Å². The van der Waals surface area contributed by atoms with Crippen molar-refractivity contribution in [3.05, 3.63) is 23.8 Å². The summed E-state index contributed by atoms with van der Waals surface area (Å²) in [5.74, 6) is -3.42. The van der Waals surface area contributed by atoms with Crippen molar-refractivity contribution in [2.75, 3.05) is 49.7 Å². The van der Waals surface area contributed by atoms with Gasteiger partial charge in [-0.15, -0.1) is 0 Å². The number of likely N-dealkylation sites (tertiary alicyclic amines) is 1. The lowest BCUT2D eigenvalue weighted by Gasteiger charge is -2.31. The maximum absolute atomic E-state index is 13.2. The lowest BCUT2D eigenvalue weighted by atomic mass is 9.81. The molecule has 190 valence electrons. The number of imide groups is 1. The first-order valence-corrected chi connectivity index (χ1v) is 11.5. The van der Waals surface area contributed by atoms with Gasteiger partial charge in [-0.25, -0.2) is 0 Å². The van der Waals surface area contributed by atoms with Crippen LogP contribution in [0.2, 0.25) is 0 Å². The Hall–Kier alpha value is -3.15. The van der Waals surface area contributed by atoms with E-state index >= 15 is 0 Å². The van der Waals surface area contributed by atoms with Crippen molar-refractivity contribution >= 4 is 35.1 Å². The number of hydrogen-bond acceptors (Lipinski definition) is 7. The summed E-state index contributed by atoms with van der Waals surface area (Å²) in [6, 6.07) is 3.04. The number of carbonyl (C=O) groups is 4. The topological polar surface area (TPSA) is 105 Å². The van der Waals surface area contributed by atoms with E-state index in [4.69, 9.17) is 9.47 Å². The van der Waals surface area contributed by atoms with Gasteiger partial charge in [-0.3, -0.25) is 24.1 Å². The van der Waals surface area contributed by atoms with E-state index in [-0.39, 0.29) is 5.69 Å². The van der Waals surface area contributed by atoms with E-state index < -0.39 is 60.4 Å². The summed E-state index contributed by atoms with van der Waals surface area (Å²) in [6.45, 7) is 0.275. The van der Waals surface area contributed by atoms with Gasteiger partial charge in [0.15, 0.2) is 6.61 Å². The van der Waals surface area contributed by atoms with Crippen LogP contribution in [0.15, 0.2) is 18.2 Å². The molecule has 0 aromatic heterocycles. The average molecular weight is 497 g/mol. The highest BCUT2D eigenvalue weighted by molar-refractivity contribution is 6.07. The third-order valence-electron chi connectivity index (χ3n) is 6.53. The molecule has 2 saturated heterocycles. The highest BCUT2D eigenvalue weighted by Crippen LogP contribution is 2.38. The van der Waals surface area contributed by atoms with Gasteiger partial charge in [-0.05, 0) is 31.0 Å². The molecule has 0 radical (unpaired) electrons. The quantitative estimate of drug-likeness (QED) is 0.475. The smallest absolute Gasteiger partial charge is 0.416 e. The molecule has 12 heteroatoms. The molecular weight excluding hydrogens is 471 g/mol. The minimum Gasteiger partial charge on any atom is -0.454 e. The van der Waals surface area contributed by atoms with Gasteiger partial charge < -0.3 is 19.7 Å². The zero-order valence-corrected chi connectivity index (χ0v) is 18.9. The third kappa shape index (κ3) is 5.58. The van der Waals surface area contributed by atoms with Crippen LogP contribution < -0.4 is 10.2 Å². The van der Waals surface area contributed by atoms with Crippen molar-refractivity contribution in [1.29, 1.82) is 0 Å². The highest BCUT2D eigenvalue weighted by Gasteiger charge is 2.48. The van der Waals surface area contributed by atoms with Gasteiger partial charge in [0.1, 0.15) is 6.54 Å². The molecule has 2 heterocycles. The summed E-state index contributed by atoms with van der Waals surface area (Å²) in [5.41, 5.74) is -0.622. The number of carbonyl (C=O) groups excluding carboxylic acids is 4. The molecule has 9 nitrogen and oxygen atoms in total. The van der Waals surface area contributed by atoms with E-state index in [2.05, 4.69) is 5.32 Å². The number of nitrogens with one attached hydrogen (secondary N) is 1. The second-order valence-corrected chi connectivity index (χ2v) is 8.80. The number of rotatable bonds is 6. The van der Waals surface area contributed by atoms with Gasteiger partial charge in [0.05, 0.1) is 42.0 Å². The second kappa shape index (κ2) is 10.2. The molecule has 1 N–H and O–H groups in total. The molecule has 0 spiro atoms. The van der Waals surface area contributed by atoms with E-state index in [0.29, 0.717) is 44.8 Å². The van der Waals surface area contributed by atoms with Gasteiger partial charge in [-0.2, -0.15) is 13.2 Å². The van der Waals surface area contributed by atoms with E-state index in [0.717, 1.165) is 29.9 Å². The van der Waals surface area contributed by atoms with E-state index in [9.17, 15) is 32.3 Å². The molecule has 0 bridgehead atoms. The van der Waals surface area contributed by atoms with Crippen LogP contribution in [-0.4, -0.2) is 68.0 Å².